The molecule has 226 valence electrons. The fraction of sp³-hybridized carbons (Fsp3) is 0.769. The second-order valence-corrected chi connectivity index (χ2v) is 11.6. The number of Topliss-reactive ketones (excluding diaryl/α,β-unsaturated/α-hetero) is 1. The average molecular weight is 568 g/mol. The van der Waals surface area contributed by atoms with Crippen LogP contribution in [0.1, 0.15) is 78.6 Å². The van der Waals surface area contributed by atoms with E-state index < -0.39 is 64.7 Å². The zero-order valence-corrected chi connectivity index (χ0v) is 23.9. The van der Waals surface area contributed by atoms with E-state index in [1.807, 2.05) is 0 Å². The second-order valence-electron chi connectivity index (χ2n) is 11.6. The van der Waals surface area contributed by atoms with Gasteiger partial charge in [0.05, 0.1) is 0 Å². The van der Waals surface area contributed by atoms with Gasteiger partial charge in [0.25, 0.3) is 11.7 Å². The second kappa shape index (κ2) is 13.9. The van der Waals surface area contributed by atoms with Gasteiger partial charge in [0.15, 0.2) is 0 Å². The van der Waals surface area contributed by atoms with Crippen LogP contribution in [0.25, 0.3) is 0 Å². The number of primary amides is 1. The summed E-state index contributed by atoms with van der Waals surface area (Å²) in [5.41, 5.74) is 7.49. The normalized spacial score (nSPS) is 21.6. The lowest BCUT2D eigenvalue weighted by Gasteiger charge is -2.38. The Morgan fingerprint density at radius 1 is 0.925 bits per heavy atom. The van der Waals surface area contributed by atoms with Crippen molar-refractivity contribution < 1.29 is 33.9 Å². The van der Waals surface area contributed by atoms with Gasteiger partial charge in [-0.25, -0.2) is 9.59 Å². The van der Waals surface area contributed by atoms with Crippen LogP contribution < -0.4 is 32.7 Å². The van der Waals surface area contributed by atoms with Crippen LogP contribution in [0.5, 0.6) is 0 Å². The number of carboxylic acids is 1. The number of likely N-dealkylation sites (tertiary alicyclic amines) is 1. The molecule has 0 bridgehead atoms. The van der Waals surface area contributed by atoms with Crippen molar-refractivity contribution in [2.24, 2.45) is 16.9 Å². The quantitative estimate of drug-likeness (QED) is 0.131. The number of ketones is 1. The lowest BCUT2D eigenvalue weighted by Crippen LogP contribution is -2.64. The molecule has 9 N–H and O–H groups in total. The van der Waals surface area contributed by atoms with E-state index in [-0.39, 0.29) is 12.6 Å². The summed E-state index contributed by atoms with van der Waals surface area (Å²) < 4.78 is 0. The number of carbonyl (C=O) groups excluding carboxylic acids is 5. The molecule has 14 nitrogen and oxygen atoms in total. The molecule has 0 aromatic rings. The zero-order chi connectivity index (χ0) is 30.3. The van der Waals surface area contributed by atoms with Gasteiger partial charge < -0.3 is 37.4 Å². The van der Waals surface area contributed by atoms with E-state index in [1.165, 1.54) is 11.9 Å². The number of rotatable bonds is 10. The summed E-state index contributed by atoms with van der Waals surface area (Å²) in [4.78, 5) is 76.9. The van der Waals surface area contributed by atoms with Crippen molar-refractivity contribution in [1.29, 1.82) is 0 Å². The Balaban J connectivity index is 0.00000274. The maximum absolute atomic E-state index is 13.7. The predicted octanol–water partition coefficient (Wildman–Crippen LogP) is -0.698. The molecule has 0 radical (unpaired) electrons. The van der Waals surface area contributed by atoms with Gasteiger partial charge >= 0.3 is 12.0 Å². The van der Waals surface area contributed by atoms with E-state index in [2.05, 4.69) is 27.0 Å². The Kier molecular flexibility index (Phi) is 11.4. The maximum atomic E-state index is 13.7. The first-order chi connectivity index (χ1) is 18.7. The molecule has 3 atom stereocenters. The van der Waals surface area contributed by atoms with Crippen LogP contribution in [0.3, 0.4) is 0 Å². The standard InChI is InChI=1S/C25H40N6O7.CH5N/c1-24(2,3)17(28-23(38)30-25(22(36)37)11-5-4-6-12-25)21(35)31-13-7-8-15(31)20(34)29-19(16(32)18(26)33)27-14-9-10-14;1-2/h14-15,17,19,27H,4-13H2,1-3H3,(H2,26,33)(H,29,34)(H,36,37)(H2,28,30,38);2H2,1H3. The van der Waals surface area contributed by atoms with Gasteiger partial charge in [0, 0.05) is 12.6 Å². The minimum absolute atomic E-state index is 0.00356. The van der Waals surface area contributed by atoms with E-state index in [0.29, 0.717) is 38.5 Å². The van der Waals surface area contributed by atoms with Crippen molar-refractivity contribution in [2.45, 2.75) is 108 Å². The van der Waals surface area contributed by atoms with Crippen molar-refractivity contribution in [3.63, 3.8) is 0 Å². The molecule has 3 fully saturated rings. The first-order valence-electron chi connectivity index (χ1n) is 13.9. The number of nitrogens with one attached hydrogen (secondary N) is 4. The molecule has 3 aliphatic rings. The first-order valence-corrected chi connectivity index (χ1v) is 13.9. The minimum Gasteiger partial charge on any atom is -0.480 e. The number of carboxylic acid groups (broad SMARTS) is 1. The van der Waals surface area contributed by atoms with Gasteiger partial charge in [0.2, 0.25) is 11.8 Å². The number of nitrogens with two attached hydrogens (primary N) is 2. The summed E-state index contributed by atoms with van der Waals surface area (Å²) in [6, 6.07) is -2.73. The molecule has 3 rings (SSSR count). The molecule has 2 saturated carbocycles. The number of carbonyl (C=O) groups is 6. The Morgan fingerprint density at radius 3 is 2.02 bits per heavy atom. The van der Waals surface area contributed by atoms with Gasteiger partial charge in [-0.2, -0.15) is 0 Å². The lowest BCUT2D eigenvalue weighted by atomic mass is 9.81. The van der Waals surface area contributed by atoms with Crippen LogP contribution in [-0.2, 0) is 24.0 Å². The number of aliphatic carboxylic acids is 1. The third-order valence-corrected chi connectivity index (χ3v) is 7.47. The van der Waals surface area contributed by atoms with Gasteiger partial charge in [0.1, 0.15) is 23.8 Å². The van der Waals surface area contributed by atoms with Gasteiger partial charge in [-0.05, 0) is 51.0 Å². The maximum Gasteiger partial charge on any atom is 0.329 e. The smallest absolute Gasteiger partial charge is 0.329 e. The third kappa shape index (κ3) is 8.37. The summed E-state index contributed by atoms with van der Waals surface area (Å²) in [5.74, 6) is -4.36. The monoisotopic (exact) mass is 567 g/mol. The van der Waals surface area contributed by atoms with Gasteiger partial charge in [-0.1, -0.05) is 40.0 Å². The Labute approximate surface area is 234 Å². The Morgan fingerprint density at radius 2 is 1.52 bits per heavy atom. The lowest BCUT2D eigenvalue weighted by molar-refractivity contribution is -0.146. The number of urea groups is 1. The van der Waals surface area contributed by atoms with Crippen molar-refractivity contribution in [3.05, 3.63) is 0 Å². The zero-order valence-electron chi connectivity index (χ0n) is 23.9. The van der Waals surface area contributed by atoms with Crippen LogP contribution in [0, 0.1) is 5.41 Å². The van der Waals surface area contributed by atoms with E-state index in [4.69, 9.17) is 5.73 Å². The molecule has 2 aliphatic carbocycles. The highest BCUT2D eigenvalue weighted by Crippen LogP contribution is 2.29. The minimum atomic E-state index is -1.39. The molecule has 3 unspecified atom stereocenters. The highest BCUT2D eigenvalue weighted by molar-refractivity contribution is 6.37. The molecular weight excluding hydrogens is 522 g/mol. The molecule has 1 saturated heterocycles. The number of amides is 5. The van der Waals surface area contributed by atoms with Crippen molar-refractivity contribution >= 4 is 35.5 Å². The van der Waals surface area contributed by atoms with E-state index in [0.717, 1.165) is 19.3 Å². The molecule has 40 heavy (non-hydrogen) atoms. The van der Waals surface area contributed by atoms with Gasteiger partial charge in [-0.15, -0.1) is 0 Å². The van der Waals surface area contributed by atoms with Crippen LogP contribution >= 0.6 is 0 Å². The van der Waals surface area contributed by atoms with E-state index >= 15 is 0 Å². The molecule has 5 amide bonds. The van der Waals surface area contributed by atoms with Gasteiger partial charge in [-0.3, -0.25) is 24.5 Å². The van der Waals surface area contributed by atoms with Crippen molar-refractivity contribution in [3.8, 4) is 0 Å². The van der Waals surface area contributed by atoms with Crippen molar-refractivity contribution in [1.82, 2.24) is 26.2 Å². The number of nitrogens with zero attached hydrogens (tertiary/aromatic N) is 1. The van der Waals surface area contributed by atoms with E-state index in [9.17, 15) is 33.9 Å². The Hall–Kier alpha value is -3.26. The topological polar surface area (TPSA) is 226 Å². The molecule has 1 heterocycles. The van der Waals surface area contributed by atoms with Crippen LogP contribution in [0.15, 0.2) is 0 Å². The molecular formula is C26H45N7O7. The summed E-state index contributed by atoms with van der Waals surface area (Å²) in [6.07, 6.45) is 4.03. The summed E-state index contributed by atoms with van der Waals surface area (Å²) in [5, 5.41) is 20.5. The molecule has 1 aliphatic heterocycles. The summed E-state index contributed by atoms with van der Waals surface area (Å²) in [7, 11) is 1.50. The molecule has 0 aromatic heterocycles. The highest BCUT2D eigenvalue weighted by Gasteiger charge is 2.45. The van der Waals surface area contributed by atoms with Crippen LogP contribution in [0.2, 0.25) is 0 Å². The molecule has 14 heteroatoms. The molecule has 0 aromatic carbocycles. The molecule has 0 spiro atoms. The fourth-order valence-electron chi connectivity index (χ4n) is 5.10. The summed E-state index contributed by atoms with van der Waals surface area (Å²) >= 11 is 0. The van der Waals surface area contributed by atoms with Crippen LogP contribution in [-0.4, -0.2) is 88.9 Å². The number of hydrogen-bond donors (Lipinski definition) is 7. The van der Waals surface area contributed by atoms with Crippen molar-refractivity contribution in [2.75, 3.05) is 13.6 Å². The third-order valence-electron chi connectivity index (χ3n) is 7.47. The first kappa shape index (κ1) is 32.9. The predicted molar refractivity (Wildman–Crippen MR) is 145 cm³/mol. The van der Waals surface area contributed by atoms with E-state index in [1.54, 1.807) is 20.8 Å². The SMILES string of the molecule is CC(C)(C)C(NC(=O)NC1(C(=O)O)CCCCC1)C(=O)N1CCCC1C(=O)NC(NC1CC1)C(=O)C(N)=O.CN. The largest absolute Gasteiger partial charge is 0.480 e. The Bertz CT molecular complexity index is 971. The highest BCUT2D eigenvalue weighted by atomic mass is 16.4. The average Bonchev–Trinajstić information content (AvgIpc) is 3.58. The van der Waals surface area contributed by atoms with Crippen LogP contribution in [0.4, 0.5) is 4.79 Å². The fourth-order valence-corrected chi connectivity index (χ4v) is 5.10. The summed E-state index contributed by atoms with van der Waals surface area (Å²) in [6.45, 7) is 5.54. The number of hydrogen-bond acceptors (Lipinski definition) is 8.